The van der Waals surface area contributed by atoms with E-state index in [9.17, 15) is 4.79 Å². The lowest BCUT2D eigenvalue weighted by Crippen LogP contribution is -2.22. The molecule has 2 aromatic rings. The minimum absolute atomic E-state index is 0.125. The van der Waals surface area contributed by atoms with Gasteiger partial charge in [-0.3, -0.25) is 4.79 Å². The molecule has 120 valence electrons. The summed E-state index contributed by atoms with van der Waals surface area (Å²) in [7, 11) is 0. The summed E-state index contributed by atoms with van der Waals surface area (Å²) in [6.07, 6.45) is 1.67. The highest BCUT2D eigenvalue weighted by atomic mass is 35.5. The maximum absolute atomic E-state index is 12.0. The molecule has 0 saturated carbocycles. The Morgan fingerprint density at radius 1 is 1.30 bits per heavy atom. The van der Waals surface area contributed by atoms with Gasteiger partial charge in [-0.25, -0.2) is 0 Å². The molecule has 0 radical (unpaired) electrons. The van der Waals surface area contributed by atoms with Crippen LogP contribution in [0.25, 0.3) is 0 Å². The number of aryl methyl sites for hydroxylation is 1. The third kappa shape index (κ3) is 5.04. The smallest absolute Gasteiger partial charge is 0.243 e. The van der Waals surface area contributed by atoms with Gasteiger partial charge >= 0.3 is 0 Å². The number of halogens is 1. The van der Waals surface area contributed by atoms with Crippen LogP contribution in [0.2, 0.25) is 5.02 Å². The van der Waals surface area contributed by atoms with Crippen LogP contribution in [0.5, 0.6) is 5.75 Å². The summed E-state index contributed by atoms with van der Waals surface area (Å²) in [5.74, 6) is 0.516. The lowest BCUT2D eigenvalue weighted by molar-refractivity contribution is -0.114. The molecule has 5 heteroatoms. The molecule has 0 atom stereocenters. The number of carbonyl (C=O) groups is 1. The molecule has 0 fully saturated rings. The summed E-state index contributed by atoms with van der Waals surface area (Å²) in [4.78, 5) is 12.0. The zero-order valence-corrected chi connectivity index (χ0v) is 13.7. The molecular formula is C18H19ClN2O2. The topological polar surface area (TPSA) is 50.4 Å². The van der Waals surface area contributed by atoms with Crippen LogP contribution in [0.3, 0.4) is 0 Å². The molecular weight excluding hydrogens is 312 g/mol. The number of hydrogen-bond donors (Lipinski definition) is 2. The number of nitrogens with one attached hydrogen (secondary N) is 2. The molecule has 0 aliphatic carbocycles. The van der Waals surface area contributed by atoms with Crippen molar-refractivity contribution in [3.63, 3.8) is 0 Å². The Morgan fingerprint density at radius 2 is 2.09 bits per heavy atom. The number of rotatable bonds is 7. The van der Waals surface area contributed by atoms with Crippen molar-refractivity contribution in [1.82, 2.24) is 0 Å². The van der Waals surface area contributed by atoms with Crippen LogP contribution in [0, 0.1) is 6.92 Å². The largest absolute Gasteiger partial charge is 0.487 e. The Balaban J connectivity index is 1.94. The second kappa shape index (κ2) is 8.25. The van der Waals surface area contributed by atoms with Gasteiger partial charge in [-0.2, -0.15) is 0 Å². The molecule has 2 N–H and O–H groups in total. The van der Waals surface area contributed by atoms with E-state index in [1.807, 2.05) is 43.3 Å². The summed E-state index contributed by atoms with van der Waals surface area (Å²) < 4.78 is 5.54. The van der Waals surface area contributed by atoms with Crippen molar-refractivity contribution >= 4 is 28.9 Å². The molecule has 2 rings (SSSR count). The highest BCUT2D eigenvalue weighted by Gasteiger charge is 2.06. The van der Waals surface area contributed by atoms with Crippen molar-refractivity contribution in [2.45, 2.75) is 6.92 Å². The zero-order chi connectivity index (χ0) is 16.7. The van der Waals surface area contributed by atoms with Gasteiger partial charge in [-0.15, -0.1) is 0 Å². The van der Waals surface area contributed by atoms with Gasteiger partial charge in [-0.05, 0) is 36.8 Å². The van der Waals surface area contributed by atoms with E-state index < -0.39 is 0 Å². The molecule has 0 unspecified atom stereocenters. The van der Waals surface area contributed by atoms with Gasteiger partial charge in [-0.1, -0.05) is 42.5 Å². The van der Waals surface area contributed by atoms with E-state index in [0.29, 0.717) is 23.1 Å². The Morgan fingerprint density at radius 3 is 2.83 bits per heavy atom. The maximum Gasteiger partial charge on any atom is 0.243 e. The van der Waals surface area contributed by atoms with E-state index in [1.165, 1.54) is 0 Å². The Kier molecular flexibility index (Phi) is 6.06. The number of carbonyl (C=O) groups excluding carboxylic acids is 1. The second-order valence-electron chi connectivity index (χ2n) is 4.96. The van der Waals surface area contributed by atoms with Crippen molar-refractivity contribution in [2.24, 2.45) is 0 Å². The van der Waals surface area contributed by atoms with Crippen molar-refractivity contribution in [1.29, 1.82) is 0 Å². The second-order valence-corrected chi connectivity index (χ2v) is 5.37. The van der Waals surface area contributed by atoms with Crippen LogP contribution in [-0.2, 0) is 4.79 Å². The number of ether oxygens (including phenoxy) is 1. The van der Waals surface area contributed by atoms with Gasteiger partial charge in [0.05, 0.1) is 12.2 Å². The first-order chi connectivity index (χ1) is 11.1. The SMILES string of the molecule is C=CCOc1ccccc1NCC(=O)Nc1ccc(C)c(Cl)c1. The first-order valence-corrected chi connectivity index (χ1v) is 7.60. The summed E-state index contributed by atoms with van der Waals surface area (Å²) >= 11 is 6.05. The minimum Gasteiger partial charge on any atom is -0.487 e. The minimum atomic E-state index is -0.163. The average molecular weight is 331 g/mol. The van der Waals surface area contributed by atoms with E-state index in [-0.39, 0.29) is 12.5 Å². The van der Waals surface area contributed by atoms with Crippen molar-refractivity contribution in [3.05, 3.63) is 65.7 Å². The van der Waals surface area contributed by atoms with Crippen molar-refractivity contribution < 1.29 is 9.53 Å². The molecule has 0 bridgehead atoms. The molecule has 0 aliphatic rings. The van der Waals surface area contributed by atoms with Crippen LogP contribution in [0.1, 0.15) is 5.56 Å². The molecule has 0 aromatic heterocycles. The first kappa shape index (κ1) is 16.9. The monoisotopic (exact) mass is 330 g/mol. The van der Waals surface area contributed by atoms with Gasteiger partial charge < -0.3 is 15.4 Å². The summed E-state index contributed by atoms with van der Waals surface area (Å²) in [6, 6.07) is 12.9. The van der Waals surface area contributed by atoms with Gasteiger partial charge in [0.15, 0.2) is 0 Å². The number of hydrogen-bond acceptors (Lipinski definition) is 3. The molecule has 0 aliphatic heterocycles. The predicted molar refractivity (Wildman–Crippen MR) is 95.4 cm³/mol. The average Bonchev–Trinajstić information content (AvgIpc) is 2.55. The summed E-state index contributed by atoms with van der Waals surface area (Å²) in [5.41, 5.74) is 2.39. The number of amides is 1. The maximum atomic E-state index is 12.0. The lowest BCUT2D eigenvalue weighted by atomic mass is 10.2. The molecule has 0 heterocycles. The van der Waals surface area contributed by atoms with Gasteiger partial charge in [0.2, 0.25) is 5.91 Å². The molecule has 0 spiro atoms. The summed E-state index contributed by atoms with van der Waals surface area (Å²) in [5, 5.41) is 6.49. The predicted octanol–water partition coefficient (Wildman–Crippen LogP) is 4.26. The van der Waals surface area contributed by atoms with E-state index in [4.69, 9.17) is 16.3 Å². The van der Waals surface area contributed by atoms with E-state index >= 15 is 0 Å². The van der Waals surface area contributed by atoms with Crippen LogP contribution >= 0.6 is 11.6 Å². The standard InChI is InChI=1S/C18H19ClN2O2/c1-3-10-23-17-7-5-4-6-16(17)20-12-18(22)21-14-9-8-13(2)15(19)11-14/h3-9,11,20H,1,10,12H2,2H3,(H,21,22). The molecule has 4 nitrogen and oxygen atoms in total. The summed E-state index contributed by atoms with van der Waals surface area (Å²) in [6.45, 7) is 6.07. The van der Waals surface area contributed by atoms with Crippen molar-refractivity contribution in [2.75, 3.05) is 23.8 Å². The van der Waals surface area contributed by atoms with E-state index in [2.05, 4.69) is 17.2 Å². The van der Waals surface area contributed by atoms with E-state index in [1.54, 1.807) is 12.1 Å². The quantitative estimate of drug-likeness (QED) is 0.746. The van der Waals surface area contributed by atoms with E-state index in [0.717, 1.165) is 11.3 Å². The number of benzene rings is 2. The number of anilines is 2. The number of para-hydroxylation sites is 2. The molecule has 0 saturated heterocycles. The van der Waals surface area contributed by atoms with Gasteiger partial charge in [0, 0.05) is 10.7 Å². The molecule has 23 heavy (non-hydrogen) atoms. The third-order valence-electron chi connectivity index (χ3n) is 3.14. The third-order valence-corrected chi connectivity index (χ3v) is 3.55. The Labute approximate surface area is 141 Å². The zero-order valence-electron chi connectivity index (χ0n) is 12.9. The fourth-order valence-electron chi connectivity index (χ4n) is 1.94. The Bertz CT molecular complexity index is 701. The van der Waals surface area contributed by atoms with Gasteiger partial charge in [0.25, 0.3) is 0 Å². The highest BCUT2D eigenvalue weighted by molar-refractivity contribution is 6.31. The fraction of sp³-hybridized carbons (Fsp3) is 0.167. The van der Waals surface area contributed by atoms with Crippen LogP contribution in [0.4, 0.5) is 11.4 Å². The lowest BCUT2D eigenvalue weighted by Gasteiger charge is -2.12. The van der Waals surface area contributed by atoms with Crippen molar-refractivity contribution in [3.8, 4) is 5.75 Å². The fourth-order valence-corrected chi connectivity index (χ4v) is 2.12. The Hall–Kier alpha value is -2.46. The van der Waals surface area contributed by atoms with Crippen LogP contribution in [0.15, 0.2) is 55.1 Å². The highest BCUT2D eigenvalue weighted by Crippen LogP contribution is 2.23. The normalized spacial score (nSPS) is 10.0. The van der Waals surface area contributed by atoms with Crippen LogP contribution < -0.4 is 15.4 Å². The molecule has 1 amide bonds. The van der Waals surface area contributed by atoms with Crippen LogP contribution in [-0.4, -0.2) is 19.1 Å². The van der Waals surface area contributed by atoms with Gasteiger partial charge in [0.1, 0.15) is 12.4 Å². The first-order valence-electron chi connectivity index (χ1n) is 7.22. The molecule has 2 aromatic carbocycles.